The highest BCUT2D eigenvalue weighted by molar-refractivity contribution is 5.95. The third-order valence-corrected chi connectivity index (χ3v) is 3.90. The van der Waals surface area contributed by atoms with Gasteiger partial charge >= 0.3 is 5.97 Å². The molecule has 1 N–H and O–H groups in total. The second-order valence-corrected chi connectivity index (χ2v) is 5.80. The molecule has 0 bridgehead atoms. The summed E-state index contributed by atoms with van der Waals surface area (Å²) >= 11 is 0. The fourth-order valence-corrected chi connectivity index (χ4v) is 2.57. The van der Waals surface area contributed by atoms with Gasteiger partial charge in [-0.15, -0.1) is 0 Å². The van der Waals surface area contributed by atoms with Crippen molar-refractivity contribution in [2.75, 3.05) is 19.0 Å². The van der Waals surface area contributed by atoms with Crippen LogP contribution in [0.5, 0.6) is 5.75 Å². The summed E-state index contributed by atoms with van der Waals surface area (Å²) in [6.07, 6.45) is 0.104. The lowest BCUT2D eigenvalue weighted by molar-refractivity contribution is -0.146. The quantitative estimate of drug-likeness (QED) is 0.691. The number of rotatable bonds is 6. The molecule has 0 aliphatic rings. The highest BCUT2D eigenvalue weighted by atomic mass is 16.5. The molecule has 132 valence electrons. The zero-order valence-corrected chi connectivity index (χ0v) is 14.4. The van der Waals surface area contributed by atoms with Crippen LogP contribution in [0.4, 0.5) is 5.69 Å². The van der Waals surface area contributed by atoms with E-state index in [-0.39, 0.29) is 18.9 Å². The molecule has 26 heavy (non-hydrogen) atoms. The Bertz CT molecular complexity index is 919. The van der Waals surface area contributed by atoms with Crippen molar-refractivity contribution in [3.05, 3.63) is 72.3 Å². The Morgan fingerprint density at radius 1 is 0.923 bits per heavy atom. The first kappa shape index (κ1) is 17.5. The van der Waals surface area contributed by atoms with Gasteiger partial charge in [0.15, 0.2) is 6.61 Å². The summed E-state index contributed by atoms with van der Waals surface area (Å²) in [6, 6.07) is 20.6. The molecule has 0 saturated heterocycles. The molecule has 0 aromatic heterocycles. The molecule has 0 aliphatic carbocycles. The lowest BCUT2D eigenvalue weighted by atomic mass is 10.1. The summed E-state index contributed by atoms with van der Waals surface area (Å²) in [5, 5.41) is 4.86. The highest BCUT2D eigenvalue weighted by Crippen LogP contribution is 2.18. The maximum absolute atomic E-state index is 12.0. The van der Waals surface area contributed by atoms with E-state index in [0.717, 1.165) is 22.1 Å². The van der Waals surface area contributed by atoms with E-state index in [9.17, 15) is 9.59 Å². The Morgan fingerprint density at radius 3 is 2.38 bits per heavy atom. The van der Waals surface area contributed by atoms with Gasteiger partial charge in [-0.25, -0.2) is 0 Å². The summed E-state index contributed by atoms with van der Waals surface area (Å²) in [7, 11) is 1.58. The molecule has 5 heteroatoms. The zero-order chi connectivity index (χ0) is 18.4. The molecule has 3 aromatic rings. The van der Waals surface area contributed by atoms with Crippen molar-refractivity contribution in [3.63, 3.8) is 0 Å². The van der Waals surface area contributed by atoms with E-state index in [1.165, 1.54) is 0 Å². The number of fused-ring (bicyclic) bond motifs is 1. The highest BCUT2D eigenvalue weighted by Gasteiger charge is 2.09. The van der Waals surface area contributed by atoms with Crippen molar-refractivity contribution in [1.29, 1.82) is 0 Å². The van der Waals surface area contributed by atoms with E-state index in [1.807, 2.05) is 42.5 Å². The molecular formula is C21H19NO4. The standard InChI is InChI=1S/C21H19NO4/c1-25-19-10-6-15(7-11-19)12-21(24)26-14-20(23)22-18-9-8-16-4-2-3-5-17(16)13-18/h2-11,13H,12,14H2,1H3,(H,22,23). The number of carbonyl (C=O) groups is 2. The number of anilines is 1. The molecule has 5 nitrogen and oxygen atoms in total. The fraction of sp³-hybridized carbons (Fsp3) is 0.143. The van der Waals surface area contributed by atoms with Gasteiger partial charge in [-0.05, 0) is 40.6 Å². The summed E-state index contributed by atoms with van der Waals surface area (Å²) in [4.78, 5) is 23.8. The van der Waals surface area contributed by atoms with E-state index < -0.39 is 5.97 Å². The third-order valence-electron chi connectivity index (χ3n) is 3.90. The summed E-state index contributed by atoms with van der Waals surface area (Å²) in [6.45, 7) is -0.318. The predicted molar refractivity (Wildman–Crippen MR) is 100 cm³/mol. The third kappa shape index (κ3) is 4.60. The monoisotopic (exact) mass is 349 g/mol. The smallest absolute Gasteiger partial charge is 0.310 e. The molecule has 3 rings (SSSR count). The molecule has 0 fully saturated rings. The molecule has 0 spiro atoms. The minimum Gasteiger partial charge on any atom is -0.497 e. The number of amides is 1. The normalized spacial score (nSPS) is 10.3. The van der Waals surface area contributed by atoms with Crippen LogP contribution in [-0.2, 0) is 20.7 Å². The van der Waals surface area contributed by atoms with Gasteiger partial charge in [-0.2, -0.15) is 0 Å². The van der Waals surface area contributed by atoms with Crippen LogP contribution < -0.4 is 10.1 Å². The molecule has 0 atom stereocenters. The van der Waals surface area contributed by atoms with Crippen LogP contribution >= 0.6 is 0 Å². The second kappa shape index (κ2) is 8.16. The average Bonchev–Trinajstić information content (AvgIpc) is 2.67. The first-order valence-electron chi connectivity index (χ1n) is 8.21. The van der Waals surface area contributed by atoms with Gasteiger partial charge in [0.05, 0.1) is 13.5 Å². The van der Waals surface area contributed by atoms with Crippen molar-refractivity contribution in [1.82, 2.24) is 0 Å². The van der Waals surface area contributed by atoms with Gasteiger partial charge in [0.2, 0.25) is 0 Å². The molecule has 0 saturated carbocycles. The minimum absolute atomic E-state index is 0.104. The van der Waals surface area contributed by atoms with Crippen LogP contribution in [0.15, 0.2) is 66.7 Å². The van der Waals surface area contributed by atoms with Gasteiger partial charge in [-0.3, -0.25) is 9.59 Å². The number of nitrogens with one attached hydrogen (secondary N) is 1. The fourth-order valence-electron chi connectivity index (χ4n) is 2.57. The van der Waals surface area contributed by atoms with Gasteiger partial charge in [0.25, 0.3) is 5.91 Å². The number of esters is 1. The molecule has 1 amide bonds. The van der Waals surface area contributed by atoms with Crippen LogP contribution in [0, 0.1) is 0 Å². The van der Waals surface area contributed by atoms with Gasteiger partial charge in [0.1, 0.15) is 5.75 Å². The number of carbonyl (C=O) groups excluding carboxylic acids is 2. The maximum Gasteiger partial charge on any atom is 0.310 e. The first-order chi connectivity index (χ1) is 12.6. The van der Waals surface area contributed by atoms with Gasteiger partial charge in [0, 0.05) is 5.69 Å². The van der Waals surface area contributed by atoms with Crippen LogP contribution in [0.25, 0.3) is 10.8 Å². The Balaban J connectivity index is 1.50. The molecular weight excluding hydrogens is 330 g/mol. The Hall–Kier alpha value is -3.34. The van der Waals surface area contributed by atoms with Crippen molar-refractivity contribution in [2.45, 2.75) is 6.42 Å². The topological polar surface area (TPSA) is 64.6 Å². The van der Waals surface area contributed by atoms with Crippen molar-refractivity contribution >= 4 is 28.3 Å². The lowest BCUT2D eigenvalue weighted by Crippen LogP contribution is -2.21. The summed E-state index contributed by atoms with van der Waals surface area (Å²) in [5.74, 6) is -0.107. The Morgan fingerprint density at radius 2 is 1.65 bits per heavy atom. The zero-order valence-electron chi connectivity index (χ0n) is 14.4. The maximum atomic E-state index is 12.0. The van der Waals surface area contributed by atoms with Gasteiger partial charge in [-0.1, -0.05) is 42.5 Å². The molecule has 0 unspecified atom stereocenters. The van der Waals surface area contributed by atoms with Crippen LogP contribution in [-0.4, -0.2) is 25.6 Å². The molecule has 3 aromatic carbocycles. The van der Waals surface area contributed by atoms with Crippen LogP contribution in [0.1, 0.15) is 5.56 Å². The SMILES string of the molecule is COc1ccc(CC(=O)OCC(=O)Nc2ccc3ccccc3c2)cc1. The van der Waals surface area contributed by atoms with E-state index in [2.05, 4.69) is 5.32 Å². The van der Waals surface area contributed by atoms with Crippen LogP contribution in [0.3, 0.4) is 0 Å². The summed E-state index contributed by atoms with van der Waals surface area (Å²) < 4.78 is 10.1. The van der Waals surface area contributed by atoms with Crippen molar-refractivity contribution < 1.29 is 19.1 Å². The number of ether oxygens (including phenoxy) is 2. The van der Waals surface area contributed by atoms with E-state index in [4.69, 9.17) is 9.47 Å². The second-order valence-electron chi connectivity index (χ2n) is 5.80. The van der Waals surface area contributed by atoms with E-state index >= 15 is 0 Å². The van der Waals surface area contributed by atoms with Crippen LogP contribution in [0.2, 0.25) is 0 Å². The molecule has 0 aliphatic heterocycles. The minimum atomic E-state index is -0.455. The van der Waals surface area contributed by atoms with Crippen molar-refractivity contribution in [2.24, 2.45) is 0 Å². The van der Waals surface area contributed by atoms with E-state index in [1.54, 1.807) is 31.4 Å². The molecule has 0 radical (unpaired) electrons. The summed E-state index contributed by atoms with van der Waals surface area (Å²) in [5.41, 5.74) is 1.46. The predicted octanol–water partition coefficient (Wildman–Crippen LogP) is 3.57. The number of benzene rings is 3. The lowest BCUT2D eigenvalue weighted by Gasteiger charge is -2.08. The van der Waals surface area contributed by atoms with E-state index in [0.29, 0.717) is 5.69 Å². The number of hydrogen-bond acceptors (Lipinski definition) is 4. The number of methoxy groups -OCH3 is 1. The first-order valence-corrected chi connectivity index (χ1v) is 8.21. The van der Waals surface area contributed by atoms with Crippen molar-refractivity contribution in [3.8, 4) is 5.75 Å². The molecule has 0 heterocycles. The average molecular weight is 349 g/mol. The Labute approximate surface area is 151 Å². The number of hydrogen-bond donors (Lipinski definition) is 1. The van der Waals surface area contributed by atoms with Gasteiger partial charge < -0.3 is 14.8 Å². The largest absolute Gasteiger partial charge is 0.497 e. The Kier molecular flexibility index (Phi) is 5.49.